The Kier molecular flexibility index (Phi) is 5.70. The highest BCUT2D eigenvalue weighted by Crippen LogP contribution is 2.39. The predicted octanol–water partition coefficient (Wildman–Crippen LogP) is 2.40. The van der Waals surface area contributed by atoms with Crippen molar-refractivity contribution in [2.45, 2.75) is 11.2 Å². The molecule has 0 saturated carbocycles. The third kappa shape index (κ3) is 4.05. The maximum atomic E-state index is 12.5. The molecule has 0 bridgehead atoms. The van der Waals surface area contributed by atoms with Gasteiger partial charge in [0, 0.05) is 28.1 Å². The Labute approximate surface area is 143 Å². The zero-order valence-corrected chi connectivity index (χ0v) is 15.3. The van der Waals surface area contributed by atoms with Crippen LogP contribution >= 0.6 is 23.6 Å². The molecule has 124 valence electrons. The van der Waals surface area contributed by atoms with E-state index in [1.54, 1.807) is 24.3 Å². The number of ketones is 2. The number of hydrogen-bond donors (Lipinski definition) is 2. The van der Waals surface area contributed by atoms with Gasteiger partial charge in [0.05, 0.1) is 0 Å². The average Bonchev–Trinajstić information content (AvgIpc) is 2.52. The Bertz CT molecular complexity index is 719. The van der Waals surface area contributed by atoms with Gasteiger partial charge in [0.25, 0.3) is 0 Å². The molecule has 2 atom stereocenters. The molecule has 2 rings (SSSR count). The lowest BCUT2D eigenvalue weighted by Crippen LogP contribution is -2.29. The van der Waals surface area contributed by atoms with E-state index in [2.05, 4.69) is 21.0 Å². The number of carbonyl (C=O) groups excluding carboxylic acids is 2. The lowest BCUT2D eigenvalue weighted by molar-refractivity contribution is 0.0981. The van der Waals surface area contributed by atoms with Crippen molar-refractivity contribution in [3.05, 3.63) is 47.0 Å². The van der Waals surface area contributed by atoms with Crippen molar-refractivity contribution in [1.82, 2.24) is 9.76 Å². The molecule has 1 aromatic rings. The SMILES string of the molecule is CNP(=O)(O)N(C)CC(Br)CC1=CC(=O)c2ccccc2C1=O. The second-order valence-corrected chi connectivity index (χ2v) is 8.83. The average molecular weight is 401 g/mol. The van der Waals surface area contributed by atoms with Crippen molar-refractivity contribution in [3.8, 4) is 0 Å². The number of Topliss-reactive ketones (excluding diaryl/α,β-unsaturated/α-hetero) is 1. The molecular weight excluding hydrogens is 383 g/mol. The Balaban J connectivity index is 2.11. The number of hydrogen-bond acceptors (Lipinski definition) is 3. The monoisotopic (exact) mass is 400 g/mol. The summed E-state index contributed by atoms with van der Waals surface area (Å²) in [5, 5.41) is 2.36. The molecule has 2 N–H and O–H groups in total. The predicted molar refractivity (Wildman–Crippen MR) is 92.0 cm³/mol. The smallest absolute Gasteiger partial charge is 0.322 e. The molecule has 0 fully saturated rings. The summed E-state index contributed by atoms with van der Waals surface area (Å²) in [6.45, 7) is 0.245. The first-order valence-electron chi connectivity index (χ1n) is 7.02. The van der Waals surface area contributed by atoms with E-state index in [0.29, 0.717) is 23.1 Å². The molecule has 0 aliphatic heterocycles. The highest BCUT2D eigenvalue weighted by Gasteiger charge is 2.29. The normalized spacial score (nSPS) is 18.4. The van der Waals surface area contributed by atoms with Crippen molar-refractivity contribution in [2.24, 2.45) is 0 Å². The molecule has 1 aliphatic rings. The van der Waals surface area contributed by atoms with Crippen LogP contribution in [0.4, 0.5) is 0 Å². The lowest BCUT2D eigenvalue weighted by atomic mass is 9.87. The standard InChI is InChI=1S/C15H18BrN2O4P/c1-17-23(21,22)18(2)9-11(16)7-10-8-14(19)12-5-3-4-6-13(12)15(10)20/h3-6,8,11H,7,9H2,1-2H3,(H2,17,21,22). The third-order valence-electron chi connectivity index (χ3n) is 3.69. The summed E-state index contributed by atoms with van der Waals surface area (Å²) in [7, 11) is -0.647. The van der Waals surface area contributed by atoms with E-state index in [9.17, 15) is 19.0 Å². The van der Waals surface area contributed by atoms with Crippen molar-refractivity contribution in [1.29, 1.82) is 0 Å². The Hall–Kier alpha value is -1.11. The fourth-order valence-corrected chi connectivity index (χ4v) is 4.16. The maximum absolute atomic E-state index is 12.5. The van der Waals surface area contributed by atoms with Crippen LogP contribution in [0.25, 0.3) is 0 Å². The van der Waals surface area contributed by atoms with Gasteiger partial charge in [0.2, 0.25) is 0 Å². The molecule has 2 unspecified atom stereocenters. The molecule has 0 spiro atoms. The zero-order chi connectivity index (χ0) is 17.2. The van der Waals surface area contributed by atoms with Crippen LogP contribution < -0.4 is 5.09 Å². The molecule has 6 nitrogen and oxygen atoms in total. The molecule has 0 heterocycles. The van der Waals surface area contributed by atoms with Crippen LogP contribution in [0.3, 0.4) is 0 Å². The van der Waals surface area contributed by atoms with E-state index >= 15 is 0 Å². The van der Waals surface area contributed by atoms with Gasteiger partial charge in [0.15, 0.2) is 11.6 Å². The molecule has 8 heteroatoms. The lowest BCUT2D eigenvalue weighted by Gasteiger charge is -2.25. The van der Waals surface area contributed by atoms with Crippen LogP contribution in [0.15, 0.2) is 35.9 Å². The van der Waals surface area contributed by atoms with Gasteiger partial charge in [-0.1, -0.05) is 40.2 Å². The van der Waals surface area contributed by atoms with E-state index in [-0.39, 0.29) is 22.9 Å². The first-order chi connectivity index (χ1) is 10.8. The van der Waals surface area contributed by atoms with Crippen LogP contribution in [-0.2, 0) is 4.57 Å². The number of benzene rings is 1. The summed E-state index contributed by atoms with van der Waals surface area (Å²) in [6.07, 6.45) is 1.66. The number of allylic oxidation sites excluding steroid dienone is 2. The van der Waals surface area contributed by atoms with Crippen LogP contribution in [-0.4, -0.2) is 46.6 Å². The summed E-state index contributed by atoms with van der Waals surface area (Å²) < 4.78 is 13.1. The number of fused-ring (bicyclic) bond motifs is 1. The highest BCUT2D eigenvalue weighted by atomic mass is 79.9. The molecule has 23 heavy (non-hydrogen) atoms. The second kappa shape index (κ2) is 7.20. The second-order valence-electron chi connectivity index (χ2n) is 5.32. The molecule has 0 amide bonds. The van der Waals surface area contributed by atoms with Crippen molar-refractivity contribution in [2.75, 3.05) is 20.6 Å². The number of carbonyl (C=O) groups is 2. The first kappa shape index (κ1) is 18.2. The number of rotatable bonds is 6. The molecule has 0 saturated heterocycles. The molecule has 0 radical (unpaired) electrons. The summed E-state index contributed by atoms with van der Waals surface area (Å²) in [5.41, 5.74) is 1.23. The fourth-order valence-electron chi connectivity index (χ4n) is 2.39. The number of nitrogens with one attached hydrogen (secondary N) is 1. The molecule has 0 aromatic heterocycles. The van der Waals surface area contributed by atoms with E-state index < -0.39 is 7.67 Å². The van der Waals surface area contributed by atoms with Gasteiger partial charge in [-0.2, -0.15) is 0 Å². The fraction of sp³-hybridized carbons (Fsp3) is 0.333. The van der Waals surface area contributed by atoms with Crippen LogP contribution in [0.2, 0.25) is 0 Å². The minimum atomic E-state index is -3.57. The zero-order valence-electron chi connectivity index (χ0n) is 12.8. The van der Waals surface area contributed by atoms with Gasteiger partial charge < -0.3 is 4.89 Å². The van der Waals surface area contributed by atoms with E-state index in [1.165, 1.54) is 24.8 Å². The van der Waals surface area contributed by atoms with Crippen LogP contribution in [0.1, 0.15) is 27.1 Å². The van der Waals surface area contributed by atoms with E-state index in [1.807, 2.05) is 0 Å². The van der Waals surface area contributed by atoms with Gasteiger partial charge in [-0.05, 0) is 26.6 Å². The third-order valence-corrected chi connectivity index (χ3v) is 5.98. The Morgan fingerprint density at radius 3 is 2.52 bits per heavy atom. The number of halogens is 1. The van der Waals surface area contributed by atoms with Gasteiger partial charge in [-0.3, -0.25) is 14.2 Å². The summed E-state index contributed by atoms with van der Waals surface area (Å²) in [6, 6.07) is 6.72. The molecule has 1 aromatic carbocycles. The van der Waals surface area contributed by atoms with Crippen LogP contribution in [0, 0.1) is 0 Å². The number of nitrogens with zero attached hydrogens (tertiary/aromatic N) is 1. The maximum Gasteiger partial charge on any atom is 0.340 e. The number of alkyl halides is 1. The Morgan fingerprint density at radius 1 is 1.30 bits per heavy atom. The van der Waals surface area contributed by atoms with E-state index in [0.717, 1.165) is 0 Å². The first-order valence-corrected chi connectivity index (χ1v) is 9.55. The van der Waals surface area contributed by atoms with Gasteiger partial charge in [0.1, 0.15) is 0 Å². The van der Waals surface area contributed by atoms with Crippen molar-refractivity contribution >= 4 is 35.2 Å². The van der Waals surface area contributed by atoms with Gasteiger partial charge >= 0.3 is 7.67 Å². The Morgan fingerprint density at radius 2 is 1.91 bits per heavy atom. The minimum Gasteiger partial charge on any atom is -0.322 e. The highest BCUT2D eigenvalue weighted by molar-refractivity contribution is 9.09. The summed E-state index contributed by atoms with van der Waals surface area (Å²) >= 11 is 3.42. The quantitative estimate of drug-likeness (QED) is 0.563. The minimum absolute atomic E-state index is 0.173. The van der Waals surface area contributed by atoms with Gasteiger partial charge in [-0.15, -0.1) is 0 Å². The molecular formula is C15H18BrN2O4P. The van der Waals surface area contributed by atoms with Crippen LogP contribution in [0.5, 0.6) is 0 Å². The summed E-state index contributed by atoms with van der Waals surface area (Å²) in [4.78, 5) is 34.0. The molecule has 1 aliphatic carbocycles. The van der Waals surface area contributed by atoms with Gasteiger partial charge in [-0.25, -0.2) is 9.76 Å². The largest absolute Gasteiger partial charge is 0.340 e. The van der Waals surface area contributed by atoms with Crippen molar-refractivity contribution in [3.63, 3.8) is 0 Å². The summed E-state index contributed by atoms with van der Waals surface area (Å²) in [5.74, 6) is -0.362. The topological polar surface area (TPSA) is 86.7 Å². The van der Waals surface area contributed by atoms with E-state index in [4.69, 9.17) is 0 Å². The van der Waals surface area contributed by atoms with Crippen molar-refractivity contribution < 1.29 is 19.0 Å².